The molecule has 2 amide bonds. The lowest BCUT2D eigenvalue weighted by atomic mass is 10.0. The third kappa shape index (κ3) is 2.24. The standard InChI is InChI=1S/C16H13BrF2N4O3/c1-21-9-5-20-13-7(4-8(18)11(17)12(13)19)14(9)23-3-2-22(16(25)26)6-10(23)15(21)24/h4-5,10H,2-3,6H2,1H3,(H,25,26)/t10-/m1/s1. The van der Waals surface area contributed by atoms with E-state index in [4.69, 9.17) is 0 Å². The zero-order chi connectivity index (χ0) is 18.7. The molecule has 2 aliphatic rings. The molecule has 0 radical (unpaired) electrons. The maximum absolute atomic E-state index is 14.5. The van der Waals surface area contributed by atoms with Gasteiger partial charge < -0.3 is 19.8 Å². The number of carboxylic acid groups (broad SMARTS) is 1. The van der Waals surface area contributed by atoms with E-state index < -0.39 is 23.8 Å². The van der Waals surface area contributed by atoms with Gasteiger partial charge in [-0.05, 0) is 22.0 Å². The zero-order valence-corrected chi connectivity index (χ0v) is 15.1. The van der Waals surface area contributed by atoms with Crippen LogP contribution in [0.4, 0.5) is 25.0 Å². The van der Waals surface area contributed by atoms with E-state index >= 15 is 0 Å². The summed E-state index contributed by atoms with van der Waals surface area (Å²) in [7, 11) is 1.54. The fourth-order valence-electron chi connectivity index (χ4n) is 3.54. The second kappa shape index (κ2) is 5.76. The predicted octanol–water partition coefficient (Wildman–Crippen LogP) is 2.42. The van der Waals surface area contributed by atoms with E-state index in [0.29, 0.717) is 11.4 Å². The van der Waals surface area contributed by atoms with E-state index in [9.17, 15) is 23.5 Å². The van der Waals surface area contributed by atoms with Crippen LogP contribution in [0.2, 0.25) is 0 Å². The molecule has 1 N–H and O–H groups in total. The van der Waals surface area contributed by atoms with Gasteiger partial charge in [0.25, 0.3) is 5.91 Å². The molecule has 0 aliphatic carbocycles. The molecule has 1 aromatic heterocycles. The van der Waals surface area contributed by atoms with Crippen molar-refractivity contribution >= 4 is 50.2 Å². The van der Waals surface area contributed by atoms with Gasteiger partial charge >= 0.3 is 6.09 Å². The van der Waals surface area contributed by atoms with E-state index in [1.54, 1.807) is 4.90 Å². The third-order valence-corrected chi connectivity index (χ3v) is 5.59. The van der Waals surface area contributed by atoms with Crippen molar-refractivity contribution in [2.24, 2.45) is 0 Å². The molecule has 2 aliphatic heterocycles. The lowest BCUT2D eigenvalue weighted by Gasteiger charge is -2.46. The fourth-order valence-corrected chi connectivity index (χ4v) is 3.84. The number of fused-ring (bicyclic) bond motifs is 5. The largest absolute Gasteiger partial charge is 0.465 e. The molecule has 0 bridgehead atoms. The molecule has 1 aromatic carbocycles. The Morgan fingerprint density at radius 2 is 2.12 bits per heavy atom. The molecule has 26 heavy (non-hydrogen) atoms. The van der Waals surface area contributed by atoms with Crippen molar-refractivity contribution in [1.29, 1.82) is 0 Å². The van der Waals surface area contributed by atoms with Gasteiger partial charge in [0.05, 0.1) is 28.6 Å². The summed E-state index contributed by atoms with van der Waals surface area (Å²) in [5.74, 6) is -1.88. The van der Waals surface area contributed by atoms with Gasteiger partial charge in [0.1, 0.15) is 17.4 Å². The Bertz CT molecular complexity index is 970. The van der Waals surface area contributed by atoms with Crippen molar-refractivity contribution in [1.82, 2.24) is 9.88 Å². The predicted molar refractivity (Wildman–Crippen MR) is 93.5 cm³/mol. The van der Waals surface area contributed by atoms with Crippen molar-refractivity contribution < 1.29 is 23.5 Å². The molecule has 1 saturated heterocycles. The molecule has 7 nitrogen and oxygen atoms in total. The number of piperazine rings is 1. The second-order valence-electron chi connectivity index (χ2n) is 6.21. The van der Waals surface area contributed by atoms with Crippen LogP contribution in [0.1, 0.15) is 0 Å². The molecular weight excluding hydrogens is 414 g/mol. The number of rotatable bonds is 0. The van der Waals surface area contributed by atoms with Crippen molar-refractivity contribution in [2.45, 2.75) is 6.04 Å². The second-order valence-corrected chi connectivity index (χ2v) is 7.00. The third-order valence-electron chi connectivity index (χ3n) is 4.87. The van der Waals surface area contributed by atoms with E-state index in [1.165, 1.54) is 29.1 Å². The first-order valence-corrected chi connectivity index (χ1v) is 8.59. The Kier molecular flexibility index (Phi) is 3.76. The number of benzene rings is 1. The molecule has 4 rings (SSSR count). The van der Waals surface area contributed by atoms with Crippen LogP contribution < -0.4 is 9.80 Å². The lowest BCUT2D eigenvalue weighted by molar-refractivity contribution is -0.120. The van der Waals surface area contributed by atoms with Gasteiger partial charge in [-0.1, -0.05) is 0 Å². The smallest absolute Gasteiger partial charge is 0.407 e. The van der Waals surface area contributed by atoms with E-state index in [0.717, 1.165) is 0 Å². The number of halogens is 3. The van der Waals surface area contributed by atoms with Crippen LogP contribution in [0.5, 0.6) is 0 Å². The fraction of sp³-hybridized carbons (Fsp3) is 0.312. The summed E-state index contributed by atoms with van der Waals surface area (Å²) in [5.41, 5.74) is 0.903. The van der Waals surface area contributed by atoms with Crippen LogP contribution in [0.3, 0.4) is 0 Å². The maximum Gasteiger partial charge on any atom is 0.407 e. The summed E-state index contributed by atoms with van der Waals surface area (Å²) in [6.07, 6.45) is 0.273. The van der Waals surface area contributed by atoms with Gasteiger partial charge in [0, 0.05) is 25.5 Å². The number of likely N-dealkylation sites (N-methyl/N-ethyl adjacent to an activating group) is 1. The van der Waals surface area contributed by atoms with Gasteiger partial charge in [-0.25, -0.2) is 13.6 Å². The van der Waals surface area contributed by atoms with Crippen LogP contribution in [-0.2, 0) is 4.79 Å². The van der Waals surface area contributed by atoms with Gasteiger partial charge in [-0.2, -0.15) is 0 Å². The van der Waals surface area contributed by atoms with Crippen molar-refractivity contribution in [3.05, 3.63) is 28.4 Å². The van der Waals surface area contributed by atoms with Crippen molar-refractivity contribution in [3.8, 4) is 0 Å². The molecule has 136 valence electrons. The summed E-state index contributed by atoms with van der Waals surface area (Å²) in [5, 5.41) is 9.46. The van der Waals surface area contributed by atoms with Crippen molar-refractivity contribution in [3.63, 3.8) is 0 Å². The summed E-state index contributed by atoms with van der Waals surface area (Å²) >= 11 is 2.87. The Morgan fingerprint density at radius 3 is 2.81 bits per heavy atom. The van der Waals surface area contributed by atoms with E-state index in [1.807, 2.05) is 0 Å². The highest BCUT2D eigenvalue weighted by Crippen LogP contribution is 2.43. The minimum Gasteiger partial charge on any atom is -0.465 e. The van der Waals surface area contributed by atoms with Gasteiger partial charge in [0.15, 0.2) is 5.82 Å². The Hall–Kier alpha value is -2.49. The molecule has 1 fully saturated rings. The molecular formula is C16H13BrF2N4O3. The lowest BCUT2D eigenvalue weighted by Crippen LogP contribution is -2.62. The normalized spacial score (nSPS) is 19.6. The van der Waals surface area contributed by atoms with Gasteiger partial charge in [0.2, 0.25) is 0 Å². The van der Waals surface area contributed by atoms with E-state index in [-0.39, 0.29) is 40.9 Å². The number of hydrogen-bond acceptors (Lipinski definition) is 4. The number of anilines is 2. The monoisotopic (exact) mass is 426 g/mol. The SMILES string of the molecule is CN1C(=O)[C@H]2CN(C(=O)O)CCN2c2c1cnc1c(F)c(Br)c(F)cc21. The van der Waals surface area contributed by atoms with Crippen LogP contribution in [-0.4, -0.2) is 59.7 Å². The maximum atomic E-state index is 14.5. The first kappa shape index (κ1) is 17.0. The zero-order valence-electron chi connectivity index (χ0n) is 13.5. The van der Waals surface area contributed by atoms with Gasteiger partial charge in [-0.15, -0.1) is 0 Å². The van der Waals surface area contributed by atoms with Crippen LogP contribution in [0.15, 0.2) is 16.7 Å². The molecule has 0 spiro atoms. The molecule has 0 saturated carbocycles. The molecule has 0 unspecified atom stereocenters. The number of pyridine rings is 1. The number of amides is 2. The average Bonchev–Trinajstić information content (AvgIpc) is 2.63. The molecule has 3 heterocycles. The van der Waals surface area contributed by atoms with Crippen LogP contribution >= 0.6 is 15.9 Å². The highest BCUT2D eigenvalue weighted by molar-refractivity contribution is 9.10. The minimum atomic E-state index is -1.11. The Morgan fingerprint density at radius 1 is 1.38 bits per heavy atom. The topological polar surface area (TPSA) is 77.0 Å². The first-order valence-electron chi connectivity index (χ1n) is 7.79. The highest BCUT2D eigenvalue weighted by Gasteiger charge is 2.42. The number of carbonyl (C=O) groups is 2. The quantitative estimate of drug-likeness (QED) is 0.654. The minimum absolute atomic E-state index is 0.0107. The average molecular weight is 427 g/mol. The van der Waals surface area contributed by atoms with Crippen LogP contribution in [0.25, 0.3) is 10.9 Å². The van der Waals surface area contributed by atoms with Gasteiger partial charge in [-0.3, -0.25) is 9.78 Å². The molecule has 2 aromatic rings. The van der Waals surface area contributed by atoms with Crippen LogP contribution in [0, 0.1) is 11.6 Å². The summed E-state index contributed by atoms with van der Waals surface area (Å²) in [6, 6.07) is 0.427. The summed E-state index contributed by atoms with van der Waals surface area (Å²) in [6.45, 7) is 0.415. The molecule has 10 heteroatoms. The number of nitrogens with zero attached hydrogens (tertiary/aromatic N) is 4. The molecule has 1 atom stereocenters. The number of aromatic nitrogens is 1. The first-order chi connectivity index (χ1) is 12.3. The Labute approximate surface area is 154 Å². The number of carbonyl (C=O) groups excluding carboxylic acids is 1. The highest BCUT2D eigenvalue weighted by atomic mass is 79.9. The Balaban J connectivity index is 1.95. The number of hydrogen-bond donors (Lipinski definition) is 1. The summed E-state index contributed by atoms with van der Waals surface area (Å²) < 4.78 is 28.3. The van der Waals surface area contributed by atoms with E-state index in [2.05, 4.69) is 20.9 Å². The summed E-state index contributed by atoms with van der Waals surface area (Å²) in [4.78, 5) is 32.3. The van der Waals surface area contributed by atoms with Crippen molar-refractivity contribution in [2.75, 3.05) is 36.5 Å².